The van der Waals surface area contributed by atoms with Crippen LogP contribution in [0.5, 0.6) is 0 Å². The maximum absolute atomic E-state index is 14.6. The van der Waals surface area contributed by atoms with Gasteiger partial charge in [0.15, 0.2) is 0 Å². The lowest BCUT2D eigenvalue weighted by Crippen LogP contribution is -2.39. The predicted octanol–water partition coefficient (Wildman–Crippen LogP) is 5.16. The van der Waals surface area contributed by atoms with Gasteiger partial charge >= 0.3 is 0 Å². The van der Waals surface area contributed by atoms with Crippen molar-refractivity contribution in [2.45, 2.75) is 45.6 Å². The lowest BCUT2D eigenvalue weighted by atomic mass is 9.91. The third kappa shape index (κ3) is 3.51. The van der Waals surface area contributed by atoms with Gasteiger partial charge in [-0.25, -0.2) is 4.39 Å². The van der Waals surface area contributed by atoms with Crippen LogP contribution in [-0.2, 0) is 0 Å². The van der Waals surface area contributed by atoms with E-state index in [1.807, 2.05) is 19.9 Å². The molecule has 2 aliphatic heterocycles. The number of hydrogen-bond donors (Lipinski definition) is 0. The molecule has 1 unspecified atom stereocenters. The van der Waals surface area contributed by atoms with E-state index in [1.54, 1.807) is 6.07 Å². The van der Waals surface area contributed by atoms with E-state index in [9.17, 15) is 4.39 Å². The van der Waals surface area contributed by atoms with Gasteiger partial charge in [0.25, 0.3) is 0 Å². The van der Waals surface area contributed by atoms with Crippen LogP contribution >= 0.6 is 0 Å². The summed E-state index contributed by atoms with van der Waals surface area (Å²) < 4.78 is 14.6. The summed E-state index contributed by atoms with van der Waals surface area (Å²) in [5.74, 6) is 0.0935. The van der Waals surface area contributed by atoms with Crippen molar-refractivity contribution in [3.63, 3.8) is 0 Å². The topological polar surface area (TPSA) is 6.48 Å². The second kappa shape index (κ2) is 7.47. The van der Waals surface area contributed by atoms with Crippen molar-refractivity contribution in [3.05, 3.63) is 65.3 Å². The van der Waals surface area contributed by atoms with Gasteiger partial charge in [0.05, 0.1) is 6.04 Å². The lowest BCUT2D eigenvalue weighted by molar-refractivity contribution is 0.323. The van der Waals surface area contributed by atoms with E-state index in [1.165, 1.54) is 24.1 Å². The average Bonchev–Trinajstić information content (AvgIpc) is 3.11. The van der Waals surface area contributed by atoms with Crippen LogP contribution in [0.15, 0.2) is 48.3 Å². The first-order valence-electron chi connectivity index (χ1n) is 9.34. The van der Waals surface area contributed by atoms with Crippen molar-refractivity contribution >= 4 is 5.57 Å². The molecular weight excluding hydrogens is 311 g/mol. The summed E-state index contributed by atoms with van der Waals surface area (Å²) >= 11 is 0. The molecule has 1 aromatic rings. The van der Waals surface area contributed by atoms with Crippen LogP contribution in [-0.4, -0.2) is 36.0 Å². The highest BCUT2D eigenvalue weighted by Crippen LogP contribution is 2.34. The molecule has 0 bridgehead atoms. The number of hydrogen-bond acceptors (Lipinski definition) is 2. The minimum Gasteiger partial charge on any atom is -0.373 e. The molecule has 25 heavy (non-hydrogen) atoms. The Labute approximate surface area is 151 Å². The molecule has 0 radical (unpaired) electrons. The number of likely N-dealkylation sites (tertiary alicyclic amines) is 1. The molecule has 3 heteroatoms. The van der Waals surface area contributed by atoms with Gasteiger partial charge in [-0.05, 0) is 66.8 Å². The maximum atomic E-state index is 14.6. The van der Waals surface area contributed by atoms with E-state index in [2.05, 4.69) is 54.3 Å². The Bertz CT molecular complexity index is 709. The summed E-state index contributed by atoms with van der Waals surface area (Å²) in [4.78, 5) is 4.71. The molecule has 0 N–H and O–H groups in total. The zero-order valence-electron chi connectivity index (χ0n) is 15.8. The summed E-state index contributed by atoms with van der Waals surface area (Å²) in [5.41, 5.74) is 4.25. The Morgan fingerprint density at radius 1 is 1.24 bits per heavy atom. The summed E-state index contributed by atoms with van der Waals surface area (Å²) in [6.45, 7) is 8.34. The summed E-state index contributed by atoms with van der Waals surface area (Å²) in [6.07, 6.45) is 11.1. The number of nitrogens with zero attached hydrogens (tertiary/aromatic N) is 2. The normalized spacial score (nSPS) is 21.3. The van der Waals surface area contributed by atoms with E-state index in [0.717, 1.165) is 24.2 Å². The fraction of sp³-hybridized carbons (Fsp3) is 0.455. The quantitative estimate of drug-likeness (QED) is 0.747. The Kier molecular flexibility index (Phi) is 5.31. The summed E-state index contributed by atoms with van der Waals surface area (Å²) in [6, 6.07) is 5.86. The smallest absolute Gasteiger partial charge is 0.127 e. The number of allylic oxidation sites excluding steroid dienone is 3. The SMILES string of the molecule is C/C=C(\c1ccc(C(C)C)c(F)c1)C1C(N2CCCC2)=CC=CN1C. The summed E-state index contributed by atoms with van der Waals surface area (Å²) in [5, 5.41) is 0. The van der Waals surface area contributed by atoms with Crippen LogP contribution in [0.25, 0.3) is 5.57 Å². The molecule has 2 aliphatic rings. The highest BCUT2D eigenvalue weighted by molar-refractivity contribution is 5.73. The van der Waals surface area contributed by atoms with Crippen molar-refractivity contribution in [2.75, 3.05) is 20.1 Å². The van der Waals surface area contributed by atoms with Crippen LogP contribution in [0.1, 0.15) is 50.7 Å². The lowest BCUT2D eigenvalue weighted by Gasteiger charge is -2.38. The van der Waals surface area contributed by atoms with Crippen molar-refractivity contribution in [1.82, 2.24) is 9.80 Å². The van der Waals surface area contributed by atoms with E-state index in [4.69, 9.17) is 0 Å². The second-order valence-corrected chi connectivity index (χ2v) is 7.33. The highest BCUT2D eigenvalue weighted by Gasteiger charge is 2.29. The molecule has 1 aromatic carbocycles. The van der Waals surface area contributed by atoms with Gasteiger partial charge < -0.3 is 9.80 Å². The molecule has 0 amide bonds. The Morgan fingerprint density at radius 3 is 2.56 bits per heavy atom. The van der Waals surface area contributed by atoms with Gasteiger partial charge in [0.2, 0.25) is 0 Å². The average molecular weight is 340 g/mol. The number of likely N-dealkylation sites (N-methyl/N-ethyl adjacent to an activating group) is 1. The molecule has 1 saturated heterocycles. The fourth-order valence-electron chi connectivity index (χ4n) is 3.95. The van der Waals surface area contributed by atoms with E-state index in [0.29, 0.717) is 0 Å². The molecule has 134 valence electrons. The van der Waals surface area contributed by atoms with Crippen LogP contribution in [0.3, 0.4) is 0 Å². The highest BCUT2D eigenvalue weighted by atomic mass is 19.1. The van der Waals surface area contributed by atoms with Crippen molar-refractivity contribution in [2.24, 2.45) is 0 Å². The Hall–Kier alpha value is -2.03. The van der Waals surface area contributed by atoms with Crippen LogP contribution in [0, 0.1) is 5.82 Å². The fourth-order valence-corrected chi connectivity index (χ4v) is 3.95. The largest absolute Gasteiger partial charge is 0.373 e. The molecule has 1 fully saturated rings. The number of rotatable bonds is 4. The number of benzene rings is 1. The molecule has 2 nitrogen and oxygen atoms in total. The predicted molar refractivity (Wildman–Crippen MR) is 104 cm³/mol. The van der Waals surface area contributed by atoms with E-state index < -0.39 is 0 Å². The molecule has 0 saturated carbocycles. The zero-order chi connectivity index (χ0) is 18.0. The first kappa shape index (κ1) is 17.8. The molecule has 3 rings (SSSR count). The van der Waals surface area contributed by atoms with Gasteiger partial charge in [-0.2, -0.15) is 0 Å². The standard InChI is InChI=1S/C22H29FN2/c1-5-18(17-10-11-19(16(2)3)20(23)15-17)22-21(9-8-12-24(22)4)25-13-6-7-14-25/h5,8-12,15-16,22H,6-7,13-14H2,1-4H3/b18-5+. The van der Waals surface area contributed by atoms with Crippen LogP contribution in [0.4, 0.5) is 4.39 Å². The van der Waals surface area contributed by atoms with Crippen LogP contribution < -0.4 is 0 Å². The summed E-state index contributed by atoms with van der Waals surface area (Å²) in [7, 11) is 2.10. The van der Waals surface area contributed by atoms with Gasteiger partial charge in [0, 0.05) is 25.8 Å². The van der Waals surface area contributed by atoms with Crippen LogP contribution in [0.2, 0.25) is 0 Å². The minimum atomic E-state index is -0.104. The van der Waals surface area contributed by atoms with Gasteiger partial charge in [-0.1, -0.05) is 32.1 Å². The van der Waals surface area contributed by atoms with Crippen molar-refractivity contribution in [1.29, 1.82) is 0 Å². The Balaban J connectivity index is 1.97. The first-order chi connectivity index (χ1) is 12.0. The monoisotopic (exact) mass is 340 g/mol. The molecular formula is C22H29FN2. The van der Waals surface area contributed by atoms with Gasteiger partial charge in [-0.3, -0.25) is 0 Å². The van der Waals surface area contributed by atoms with Gasteiger partial charge in [0.1, 0.15) is 5.82 Å². The maximum Gasteiger partial charge on any atom is 0.127 e. The molecule has 2 heterocycles. The molecule has 0 spiro atoms. The van der Waals surface area contributed by atoms with E-state index >= 15 is 0 Å². The zero-order valence-corrected chi connectivity index (χ0v) is 15.8. The second-order valence-electron chi connectivity index (χ2n) is 7.33. The Morgan fingerprint density at radius 2 is 1.96 bits per heavy atom. The van der Waals surface area contributed by atoms with Crippen molar-refractivity contribution in [3.8, 4) is 0 Å². The molecule has 1 atom stereocenters. The molecule has 0 aromatic heterocycles. The van der Waals surface area contributed by atoms with E-state index in [-0.39, 0.29) is 17.8 Å². The first-order valence-corrected chi connectivity index (χ1v) is 9.34. The third-order valence-electron chi connectivity index (χ3n) is 5.31. The minimum absolute atomic E-state index is 0.104. The number of halogens is 1. The molecule has 0 aliphatic carbocycles. The van der Waals surface area contributed by atoms with Crippen molar-refractivity contribution < 1.29 is 4.39 Å². The third-order valence-corrected chi connectivity index (χ3v) is 5.31. The van der Waals surface area contributed by atoms with Gasteiger partial charge in [-0.15, -0.1) is 0 Å².